The number of halogens is 2. The van der Waals surface area contributed by atoms with Crippen LogP contribution in [0, 0.1) is 5.82 Å². The molecule has 0 fully saturated rings. The zero-order valence-corrected chi connectivity index (χ0v) is 24.3. The van der Waals surface area contributed by atoms with E-state index in [9.17, 15) is 14.0 Å². The molecule has 1 aromatic heterocycles. The van der Waals surface area contributed by atoms with Gasteiger partial charge in [-0.3, -0.25) is 9.59 Å². The standard InChI is InChI=1S/C31H32ClFN6O4/c1-39(14-15-40)13-3-6-29(41)34-12-11-30(42)37-23-7-9-27-25(17-23)31(36-20-35-27)38-24-8-10-28(26(32)18-24)43-19-21-4-2-5-22(33)16-21/h2-10,16-18,20,40H,11-15,19H2,1H3,(H,34,41)(H,37,42)(H,35,36,38)/b6-3+. The van der Waals surface area contributed by atoms with Crippen LogP contribution in [0.1, 0.15) is 12.0 Å². The lowest BCUT2D eigenvalue weighted by molar-refractivity contribution is -0.117. The summed E-state index contributed by atoms with van der Waals surface area (Å²) in [5.74, 6) is 0.0635. The number of amides is 2. The molecule has 10 nitrogen and oxygen atoms in total. The predicted molar refractivity (Wildman–Crippen MR) is 165 cm³/mol. The van der Waals surface area contributed by atoms with Crippen LogP contribution in [-0.2, 0) is 16.2 Å². The highest BCUT2D eigenvalue weighted by molar-refractivity contribution is 6.32. The molecule has 0 aliphatic rings. The summed E-state index contributed by atoms with van der Waals surface area (Å²) in [5, 5.41) is 18.7. The maximum Gasteiger partial charge on any atom is 0.243 e. The molecule has 4 N–H and O–H groups in total. The van der Waals surface area contributed by atoms with Gasteiger partial charge >= 0.3 is 0 Å². The third-order valence-corrected chi connectivity index (χ3v) is 6.51. The van der Waals surface area contributed by atoms with Crippen molar-refractivity contribution in [2.45, 2.75) is 13.0 Å². The van der Waals surface area contributed by atoms with Gasteiger partial charge < -0.3 is 30.7 Å². The third-order valence-electron chi connectivity index (χ3n) is 6.22. The van der Waals surface area contributed by atoms with Crippen molar-refractivity contribution in [1.82, 2.24) is 20.2 Å². The maximum atomic E-state index is 13.4. The number of fused-ring (bicyclic) bond motifs is 1. The fraction of sp³-hybridized carbons (Fsp3) is 0.226. The first-order valence-corrected chi connectivity index (χ1v) is 13.9. The summed E-state index contributed by atoms with van der Waals surface area (Å²) in [4.78, 5) is 35.0. The van der Waals surface area contributed by atoms with Crippen LogP contribution in [0.3, 0.4) is 0 Å². The van der Waals surface area contributed by atoms with Crippen LogP contribution in [-0.4, -0.2) is 65.1 Å². The Morgan fingerprint density at radius 3 is 2.72 bits per heavy atom. The van der Waals surface area contributed by atoms with Crippen LogP contribution in [0.5, 0.6) is 5.75 Å². The van der Waals surface area contributed by atoms with E-state index < -0.39 is 0 Å². The normalized spacial score (nSPS) is 11.2. The number of carbonyl (C=O) groups is 2. The minimum Gasteiger partial charge on any atom is -0.487 e. The summed E-state index contributed by atoms with van der Waals surface area (Å²) in [6.45, 7) is 1.44. The Balaban J connectivity index is 1.33. The molecule has 0 aliphatic carbocycles. The van der Waals surface area contributed by atoms with Gasteiger partial charge in [0.25, 0.3) is 0 Å². The largest absolute Gasteiger partial charge is 0.487 e. The molecule has 4 rings (SSSR count). The zero-order chi connectivity index (χ0) is 30.6. The van der Waals surface area contributed by atoms with Gasteiger partial charge in [-0.15, -0.1) is 0 Å². The van der Waals surface area contributed by atoms with Crippen molar-refractivity contribution in [3.8, 4) is 5.75 Å². The number of carbonyl (C=O) groups excluding carboxylic acids is 2. The Kier molecular flexibility index (Phi) is 11.4. The van der Waals surface area contributed by atoms with Crippen molar-refractivity contribution >= 4 is 51.5 Å². The van der Waals surface area contributed by atoms with E-state index in [2.05, 4.69) is 25.9 Å². The number of ether oxygens (including phenoxy) is 1. The number of aliphatic hydroxyl groups excluding tert-OH is 1. The van der Waals surface area contributed by atoms with Crippen molar-refractivity contribution in [3.63, 3.8) is 0 Å². The summed E-state index contributed by atoms with van der Waals surface area (Å²) in [6.07, 6.45) is 4.62. The van der Waals surface area contributed by atoms with Crippen LogP contribution in [0.2, 0.25) is 5.02 Å². The first-order chi connectivity index (χ1) is 20.8. The number of anilines is 3. The van der Waals surface area contributed by atoms with Crippen LogP contribution < -0.4 is 20.7 Å². The SMILES string of the molecule is CN(C/C=C/C(=O)NCCC(=O)Nc1ccc2ncnc(Nc3ccc(OCc4cccc(F)c4)c(Cl)c3)c2c1)CCO. The second kappa shape index (κ2) is 15.6. The monoisotopic (exact) mass is 606 g/mol. The molecule has 0 spiro atoms. The Hall–Kier alpha value is -4.58. The second-order valence-corrected chi connectivity index (χ2v) is 10.0. The quantitative estimate of drug-likeness (QED) is 0.153. The second-order valence-electron chi connectivity index (χ2n) is 9.62. The molecule has 0 atom stereocenters. The van der Waals surface area contributed by atoms with Crippen LogP contribution in [0.15, 0.2) is 79.1 Å². The van der Waals surface area contributed by atoms with Crippen molar-refractivity contribution in [2.75, 3.05) is 43.9 Å². The number of rotatable bonds is 14. The molecule has 0 bridgehead atoms. The number of likely N-dealkylation sites (N-methyl/N-ethyl adjacent to an activating group) is 1. The topological polar surface area (TPSA) is 129 Å². The lowest BCUT2D eigenvalue weighted by Gasteiger charge is -2.13. The van der Waals surface area contributed by atoms with Crippen LogP contribution in [0.25, 0.3) is 10.9 Å². The van der Waals surface area contributed by atoms with Crippen molar-refractivity contribution < 1.29 is 23.8 Å². The minimum atomic E-state index is -0.334. The van der Waals surface area contributed by atoms with Gasteiger partial charge in [0.15, 0.2) is 0 Å². The van der Waals surface area contributed by atoms with Gasteiger partial charge in [0, 0.05) is 48.9 Å². The minimum absolute atomic E-state index is 0.0492. The smallest absolute Gasteiger partial charge is 0.243 e. The zero-order valence-electron chi connectivity index (χ0n) is 23.5. The van der Waals surface area contributed by atoms with Crippen molar-refractivity contribution in [1.29, 1.82) is 0 Å². The van der Waals surface area contributed by atoms with Gasteiger partial charge in [-0.2, -0.15) is 0 Å². The summed E-state index contributed by atoms with van der Waals surface area (Å²) in [6, 6.07) is 16.6. The number of nitrogens with one attached hydrogen (secondary N) is 3. The molecular formula is C31H32ClFN6O4. The molecule has 0 radical (unpaired) electrons. The number of hydrogen-bond donors (Lipinski definition) is 4. The highest BCUT2D eigenvalue weighted by Crippen LogP contribution is 2.31. The fourth-order valence-electron chi connectivity index (χ4n) is 4.04. The number of aliphatic hydroxyl groups is 1. The molecule has 1 heterocycles. The Morgan fingerprint density at radius 1 is 1.09 bits per heavy atom. The molecule has 43 heavy (non-hydrogen) atoms. The summed E-state index contributed by atoms with van der Waals surface area (Å²) < 4.78 is 19.2. The molecule has 0 saturated carbocycles. The van der Waals surface area contributed by atoms with Gasteiger partial charge in [-0.25, -0.2) is 14.4 Å². The van der Waals surface area contributed by atoms with Gasteiger partial charge in [0.1, 0.15) is 30.3 Å². The van der Waals surface area contributed by atoms with E-state index in [0.29, 0.717) is 57.5 Å². The molecule has 0 unspecified atom stereocenters. The number of benzene rings is 3. The van der Waals surface area contributed by atoms with E-state index in [0.717, 1.165) is 0 Å². The van der Waals surface area contributed by atoms with E-state index in [4.69, 9.17) is 21.4 Å². The average Bonchev–Trinajstić information content (AvgIpc) is 2.97. The lowest BCUT2D eigenvalue weighted by Crippen LogP contribution is -2.27. The first-order valence-electron chi connectivity index (χ1n) is 13.5. The summed E-state index contributed by atoms with van der Waals surface area (Å²) >= 11 is 6.44. The van der Waals surface area contributed by atoms with Gasteiger partial charge in [-0.1, -0.05) is 29.8 Å². The maximum absolute atomic E-state index is 13.4. The molecule has 224 valence electrons. The third kappa shape index (κ3) is 9.74. The average molecular weight is 607 g/mol. The van der Waals surface area contributed by atoms with Crippen LogP contribution in [0.4, 0.5) is 21.6 Å². The van der Waals surface area contributed by atoms with Crippen molar-refractivity contribution in [2.24, 2.45) is 0 Å². The van der Waals surface area contributed by atoms with Crippen molar-refractivity contribution in [3.05, 3.63) is 95.5 Å². The first kappa shape index (κ1) is 31.4. The Labute approximate surface area is 253 Å². The highest BCUT2D eigenvalue weighted by Gasteiger charge is 2.10. The molecule has 2 amide bonds. The number of aromatic nitrogens is 2. The number of hydrogen-bond acceptors (Lipinski definition) is 8. The highest BCUT2D eigenvalue weighted by atomic mass is 35.5. The Bertz CT molecular complexity index is 1600. The van der Waals surface area contributed by atoms with Gasteiger partial charge in [0.05, 0.1) is 17.1 Å². The molecule has 4 aromatic rings. The van der Waals surface area contributed by atoms with E-state index >= 15 is 0 Å². The van der Waals surface area contributed by atoms with E-state index in [1.807, 2.05) is 11.9 Å². The fourth-order valence-corrected chi connectivity index (χ4v) is 4.27. The summed E-state index contributed by atoms with van der Waals surface area (Å²) in [7, 11) is 1.84. The van der Waals surface area contributed by atoms with E-state index in [1.54, 1.807) is 54.6 Å². The van der Waals surface area contributed by atoms with Gasteiger partial charge in [-0.05, 0) is 61.1 Å². The molecule has 3 aromatic carbocycles. The molecule has 0 aliphatic heterocycles. The Morgan fingerprint density at radius 2 is 1.93 bits per heavy atom. The predicted octanol–water partition coefficient (Wildman–Crippen LogP) is 4.67. The number of nitrogens with zero attached hydrogens (tertiary/aromatic N) is 3. The van der Waals surface area contributed by atoms with Crippen LogP contribution >= 0.6 is 11.6 Å². The molecule has 12 heteroatoms. The lowest BCUT2D eigenvalue weighted by atomic mass is 10.2. The molecular weight excluding hydrogens is 575 g/mol. The van der Waals surface area contributed by atoms with Gasteiger partial charge in [0.2, 0.25) is 11.8 Å². The molecule has 0 saturated heterocycles. The summed E-state index contributed by atoms with van der Waals surface area (Å²) in [5.41, 5.74) is 2.56. The van der Waals surface area contributed by atoms with E-state index in [1.165, 1.54) is 24.5 Å². The van der Waals surface area contributed by atoms with E-state index in [-0.39, 0.29) is 43.8 Å².